The highest BCUT2D eigenvalue weighted by atomic mass is 19.1. The molecule has 1 unspecified atom stereocenters. The van der Waals surface area contributed by atoms with Crippen LogP contribution < -0.4 is 10.2 Å². The Kier molecular flexibility index (Phi) is 4.81. The summed E-state index contributed by atoms with van der Waals surface area (Å²) in [5.41, 5.74) is 3.74. The summed E-state index contributed by atoms with van der Waals surface area (Å²) >= 11 is 0. The van der Waals surface area contributed by atoms with Crippen LogP contribution in [0.4, 0.5) is 15.8 Å². The Bertz CT molecular complexity index is 988. The van der Waals surface area contributed by atoms with Crippen LogP contribution in [0.1, 0.15) is 22.5 Å². The van der Waals surface area contributed by atoms with E-state index in [1.807, 2.05) is 25.1 Å². The third kappa shape index (κ3) is 3.47. The minimum Gasteiger partial charge on any atom is -0.370 e. The van der Waals surface area contributed by atoms with Crippen LogP contribution >= 0.6 is 0 Å². The number of benzene rings is 2. The summed E-state index contributed by atoms with van der Waals surface area (Å²) in [5.74, 6) is -0.609. The van der Waals surface area contributed by atoms with Gasteiger partial charge >= 0.3 is 0 Å². The van der Waals surface area contributed by atoms with Gasteiger partial charge in [0.2, 0.25) is 0 Å². The molecule has 1 aliphatic heterocycles. The maximum atomic E-state index is 14.0. The van der Waals surface area contributed by atoms with E-state index in [0.29, 0.717) is 22.6 Å². The quantitative estimate of drug-likeness (QED) is 0.719. The van der Waals surface area contributed by atoms with Gasteiger partial charge in [0.25, 0.3) is 5.91 Å². The van der Waals surface area contributed by atoms with Crippen molar-refractivity contribution in [1.29, 1.82) is 0 Å². The number of hydrogen-bond acceptors (Lipinski definition) is 3. The first-order chi connectivity index (χ1) is 13.4. The van der Waals surface area contributed by atoms with Gasteiger partial charge in [0, 0.05) is 35.9 Å². The molecule has 1 atom stereocenters. The zero-order valence-corrected chi connectivity index (χ0v) is 16.4. The van der Waals surface area contributed by atoms with Gasteiger partial charge in [-0.1, -0.05) is 12.1 Å². The van der Waals surface area contributed by atoms with Crippen molar-refractivity contribution in [3.63, 3.8) is 0 Å². The summed E-state index contributed by atoms with van der Waals surface area (Å²) in [6.45, 7) is 3.87. The predicted molar refractivity (Wildman–Crippen MR) is 112 cm³/mol. The number of nitrogens with zero attached hydrogens (tertiary/aromatic N) is 2. The molecular formula is C22H25FN4O. The van der Waals surface area contributed by atoms with Gasteiger partial charge in [-0.3, -0.25) is 4.79 Å². The van der Waals surface area contributed by atoms with Gasteiger partial charge in [-0.15, -0.1) is 0 Å². The number of amides is 1. The van der Waals surface area contributed by atoms with E-state index in [1.165, 1.54) is 6.07 Å². The lowest BCUT2D eigenvalue weighted by Crippen LogP contribution is -2.31. The van der Waals surface area contributed by atoms with Crippen molar-refractivity contribution in [2.75, 3.05) is 37.4 Å². The lowest BCUT2D eigenvalue weighted by atomic mass is 10.1. The van der Waals surface area contributed by atoms with Gasteiger partial charge < -0.3 is 20.1 Å². The summed E-state index contributed by atoms with van der Waals surface area (Å²) in [6.07, 6.45) is 1.13. The molecular weight excluding hydrogens is 355 g/mol. The summed E-state index contributed by atoms with van der Waals surface area (Å²) < 4.78 is 14.0. The van der Waals surface area contributed by atoms with Crippen LogP contribution in [0.2, 0.25) is 0 Å². The van der Waals surface area contributed by atoms with Crippen molar-refractivity contribution in [2.24, 2.45) is 0 Å². The monoisotopic (exact) mass is 380 g/mol. The molecule has 146 valence electrons. The Balaban J connectivity index is 1.53. The number of aromatic nitrogens is 1. The number of rotatable bonds is 4. The van der Waals surface area contributed by atoms with Crippen LogP contribution in [0, 0.1) is 12.7 Å². The Morgan fingerprint density at radius 2 is 2.07 bits per heavy atom. The Morgan fingerprint density at radius 3 is 2.79 bits per heavy atom. The molecule has 6 heteroatoms. The number of halogens is 1. The van der Waals surface area contributed by atoms with Gasteiger partial charge in [-0.05, 0) is 63.3 Å². The molecule has 1 amide bonds. The summed E-state index contributed by atoms with van der Waals surface area (Å²) in [7, 11) is 4.21. The largest absolute Gasteiger partial charge is 0.370 e. The molecule has 5 nitrogen and oxygen atoms in total. The van der Waals surface area contributed by atoms with Crippen LogP contribution in [0.3, 0.4) is 0 Å². The number of carbonyl (C=O) groups is 1. The van der Waals surface area contributed by atoms with Gasteiger partial charge in [0.1, 0.15) is 11.5 Å². The van der Waals surface area contributed by atoms with Crippen LogP contribution in [-0.4, -0.2) is 49.0 Å². The number of hydrogen-bond donors (Lipinski definition) is 2. The molecule has 0 bridgehead atoms. The number of fused-ring (bicyclic) bond motifs is 1. The summed E-state index contributed by atoms with van der Waals surface area (Å²) in [4.78, 5) is 20.3. The molecule has 2 N–H and O–H groups in total. The molecule has 1 aliphatic rings. The topological polar surface area (TPSA) is 51.4 Å². The molecule has 0 radical (unpaired) electrons. The lowest BCUT2D eigenvalue weighted by molar-refractivity contribution is 0.102. The highest BCUT2D eigenvalue weighted by molar-refractivity contribution is 6.06. The number of carbonyl (C=O) groups excluding carboxylic acids is 1. The van der Waals surface area contributed by atoms with E-state index in [0.717, 1.165) is 36.4 Å². The number of nitrogens with one attached hydrogen (secondary N) is 2. The highest BCUT2D eigenvalue weighted by Gasteiger charge is 2.24. The fourth-order valence-electron chi connectivity index (χ4n) is 3.82. The SMILES string of the molecule is Cc1ccc(F)c2cc(C(=O)Nc3cccc(N4CCC(N(C)C)C4)c3)[nH]c12. The van der Waals surface area contributed by atoms with Crippen molar-refractivity contribution >= 4 is 28.2 Å². The highest BCUT2D eigenvalue weighted by Crippen LogP contribution is 2.26. The smallest absolute Gasteiger partial charge is 0.272 e. The Hall–Kier alpha value is -2.86. The van der Waals surface area contributed by atoms with Crippen LogP contribution in [0.25, 0.3) is 10.9 Å². The van der Waals surface area contributed by atoms with E-state index in [4.69, 9.17) is 0 Å². The zero-order chi connectivity index (χ0) is 19.8. The van der Waals surface area contributed by atoms with Crippen LogP contribution in [0.5, 0.6) is 0 Å². The van der Waals surface area contributed by atoms with Crippen molar-refractivity contribution in [1.82, 2.24) is 9.88 Å². The van der Waals surface area contributed by atoms with Crippen molar-refractivity contribution in [3.05, 3.63) is 59.5 Å². The minimum absolute atomic E-state index is 0.278. The number of aromatic amines is 1. The molecule has 1 saturated heterocycles. The summed E-state index contributed by atoms with van der Waals surface area (Å²) in [6, 6.07) is 13.1. The molecule has 0 aliphatic carbocycles. The zero-order valence-electron chi connectivity index (χ0n) is 16.4. The maximum Gasteiger partial charge on any atom is 0.272 e. The Labute approximate surface area is 164 Å². The van der Waals surface area contributed by atoms with Gasteiger partial charge in [0.05, 0.1) is 5.52 Å². The molecule has 3 aromatic rings. The fraction of sp³-hybridized carbons (Fsp3) is 0.318. The lowest BCUT2D eigenvalue weighted by Gasteiger charge is -2.22. The summed E-state index contributed by atoms with van der Waals surface area (Å²) in [5, 5.41) is 3.36. The van der Waals surface area contributed by atoms with Crippen molar-refractivity contribution in [3.8, 4) is 0 Å². The predicted octanol–water partition coefficient (Wildman–Crippen LogP) is 4.01. The second-order valence-electron chi connectivity index (χ2n) is 7.69. The second kappa shape index (κ2) is 7.28. The fourth-order valence-corrected chi connectivity index (χ4v) is 3.82. The average molecular weight is 380 g/mol. The maximum absolute atomic E-state index is 14.0. The first kappa shape index (κ1) is 18.5. The minimum atomic E-state index is -0.331. The second-order valence-corrected chi connectivity index (χ2v) is 7.69. The first-order valence-electron chi connectivity index (χ1n) is 9.53. The van der Waals surface area contributed by atoms with Gasteiger partial charge in [0.15, 0.2) is 0 Å². The molecule has 0 spiro atoms. The third-order valence-electron chi connectivity index (χ3n) is 5.56. The normalized spacial score (nSPS) is 16.9. The Morgan fingerprint density at radius 1 is 1.25 bits per heavy atom. The van der Waals surface area contributed by atoms with Crippen LogP contribution in [0.15, 0.2) is 42.5 Å². The number of H-pyrrole nitrogens is 1. The van der Waals surface area contributed by atoms with E-state index >= 15 is 0 Å². The van der Waals surface area contributed by atoms with E-state index < -0.39 is 0 Å². The average Bonchev–Trinajstić information content (AvgIpc) is 3.33. The third-order valence-corrected chi connectivity index (χ3v) is 5.56. The molecule has 1 aromatic heterocycles. The molecule has 0 saturated carbocycles. The van der Waals surface area contributed by atoms with Crippen LogP contribution in [-0.2, 0) is 0 Å². The number of likely N-dealkylation sites (N-methyl/N-ethyl adjacent to an activating group) is 1. The molecule has 1 fully saturated rings. The molecule has 28 heavy (non-hydrogen) atoms. The van der Waals surface area contributed by atoms with E-state index in [2.05, 4.69) is 40.3 Å². The van der Waals surface area contributed by atoms with Crippen molar-refractivity contribution in [2.45, 2.75) is 19.4 Å². The van der Waals surface area contributed by atoms with E-state index in [-0.39, 0.29) is 11.7 Å². The standard InChI is InChI=1S/C22H25FN4O/c1-14-7-8-19(23)18-12-20(25-21(14)18)22(28)24-15-5-4-6-16(11-15)27-10-9-17(13-27)26(2)3/h4-8,11-12,17,25H,9-10,13H2,1-3H3,(H,24,28). The van der Waals surface area contributed by atoms with E-state index in [1.54, 1.807) is 12.1 Å². The van der Waals surface area contributed by atoms with Gasteiger partial charge in [-0.25, -0.2) is 4.39 Å². The molecule has 4 rings (SSSR count). The molecule has 2 heterocycles. The number of anilines is 2. The molecule has 2 aromatic carbocycles. The number of aryl methyl sites for hydroxylation is 1. The first-order valence-corrected chi connectivity index (χ1v) is 9.53. The van der Waals surface area contributed by atoms with Gasteiger partial charge in [-0.2, -0.15) is 0 Å². The van der Waals surface area contributed by atoms with E-state index in [9.17, 15) is 9.18 Å². The van der Waals surface area contributed by atoms with Crippen molar-refractivity contribution < 1.29 is 9.18 Å².